The van der Waals surface area contributed by atoms with Gasteiger partial charge >= 0.3 is 10.3 Å². The molecule has 0 saturated heterocycles. The van der Waals surface area contributed by atoms with Crippen LogP contribution in [0.3, 0.4) is 0 Å². The van der Waals surface area contributed by atoms with Gasteiger partial charge in [0.1, 0.15) is 5.75 Å². The molecule has 0 atom stereocenters. The standard InChI is InChI=1S/C11H11OS2.ClHO4/c1-8-7-11(14-13-8)9-5-3-4-6-10(9)12-2;2-1(3,4)5/h3-7H,1-2H3;(H,2,3,4,5)/q+1;/p-1. The van der Waals surface area contributed by atoms with Gasteiger partial charge in [-0.1, -0.05) is 12.1 Å². The lowest BCUT2D eigenvalue weighted by atomic mass is 10.1. The van der Waals surface area contributed by atoms with Crippen molar-refractivity contribution in [3.63, 3.8) is 0 Å². The number of para-hydroxylation sites is 1. The zero-order valence-corrected chi connectivity index (χ0v) is 12.5. The Labute approximate surface area is 120 Å². The van der Waals surface area contributed by atoms with Crippen molar-refractivity contribution in [2.45, 2.75) is 6.92 Å². The predicted octanol–water partition coefficient (Wildman–Crippen LogP) is -0.681. The number of ether oxygens (including phenoxy) is 1. The molecule has 5 nitrogen and oxygen atoms in total. The van der Waals surface area contributed by atoms with E-state index in [0.29, 0.717) is 0 Å². The lowest BCUT2D eigenvalue weighted by Crippen LogP contribution is -2.68. The van der Waals surface area contributed by atoms with E-state index >= 15 is 0 Å². The molecule has 0 N–H and O–H groups in total. The van der Waals surface area contributed by atoms with Crippen LogP contribution in [0, 0.1) is 17.2 Å². The van der Waals surface area contributed by atoms with E-state index in [1.807, 2.05) is 18.2 Å². The van der Waals surface area contributed by atoms with Crippen molar-refractivity contribution in [1.29, 1.82) is 0 Å². The molecule has 2 rings (SSSR count). The zero-order valence-electron chi connectivity index (χ0n) is 10.1. The van der Waals surface area contributed by atoms with E-state index in [1.54, 1.807) is 27.8 Å². The van der Waals surface area contributed by atoms with Gasteiger partial charge in [0.05, 0.1) is 17.6 Å². The third kappa shape index (κ3) is 6.26. The maximum Gasteiger partial charge on any atom is 0.300 e. The number of halogens is 1. The summed E-state index contributed by atoms with van der Waals surface area (Å²) in [6, 6.07) is 10.3. The van der Waals surface area contributed by atoms with Gasteiger partial charge in [-0.15, -0.1) is 10.2 Å². The number of hydrogen-bond donors (Lipinski definition) is 0. The first-order valence-corrected chi connectivity index (χ1v) is 8.34. The quantitative estimate of drug-likeness (QED) is 0.538. The second-order valence-corrected chi connectivity index (χ2v) is 6.54. The Hall–Kier alpha value is -0.800. The first-order chi connectivity index (χ1) is 8.81. The Kier molecular flexibility index (Phi) is 6.08. The van der Waals surface area contributed by atoms with Crippen LogP contribution >= 0.6 is 20.7 Å². The molecule has 2 aromatic rings. The Morgan fingerprint density at radius 3 is 2.21 bits per heavy atom. The molecule has 1 heterocycles. The maximum absolute atomic E-state index is 8.49. The average molecular weight is 323 g/mol. The smallest absolute Gasteiger partial charge is 0.300 e. The summed E-state index contributed by atoms with van der Waals surface area (Å²) in [6.45, 7) is 2.13. The van der Waals surface area contributed by atoms with Gasteiger partial charge in [0.2, 0.25) is 0 Å². The molecule has 0 radical (unpaired) electrons. The number of hydrogen-bond acceptors (Lipinski definition) is 6. The SMILES string of the molecule is COc1ccccc1-c1cc(C)s[s+]1.[O-][Cl+3]([O-])([O-])[O-]. The van der Waals surface area contributed by atoms with Crippen LogP contribution < -0.4 is 23.4 Å². The van der Waals surface area contributed by atoms with Crippen molar-refractivity contribution >= 4 is 20.7 Å². The molecular weight excluding hydrogens is 312 g/mol. The van der Waals surface area contributed by atoms with E-state index in [-0.39, 0.29) is 0 Å². The first-order valence-electron chi connectivity index (χ1n) is 4.96. The summed E-state index contributed by atoms with van der Waals surface area (Å²) in [7, 11) is 0.365. The Morgan fingerprint density at radius 1 is 1.16 bits per heavy atom. The minimum absolute atomic E-state index is 0.946. The van der Waals surface area contributed by atoms with Gasteiger partial charge in [0.25, 0.3) is 4.88 Å². The monoisotopic (exact) mass is 322 g/mol. The van der Waals surface area contributed by atoms with Gasteiger partial charge < -0.3 is 4.74 Å². The molecule has 104 valence electrons. The summed E-state index contributed by atoms with van der Waals surface area (Å²) in [5, 5.41) is 0. The van der Waals surface area contributed by atoms with Crippen LogP contribution in [-0.2, 0) is 0 Å². The Morgan fingerprint density at radius 2 is 1.74 bits per heavy atom. The van der Waals surface area contributed by atoms with Crippen molar-refractivity contribution < 1.29 is 33.6 Å². The number of aryl methyl sites for hydroxylation is 1. The summed E-state index contributed by atoms with van der Waals surface area (Å²) in [5.74, 6) is 0.946. The second kappa shape index (κ2) is 7.11. The number of methoxy groups -OCH3 is 1. The third-order valence-corrected chi connectivity index (χ3v) is 4.53. The second-order valence-electron chi connectivity index (χ2n) is 3.36. The Balaban J connectivity index is 0.000000312. The summed E-state index contributed by atoms with van der Waals surface area (Å²) in [6.07, 6.45) is 0. The molecule has 8 heteroatoms. The zero-order chi connectivity index (χ0) is 14.5. The van der Waals surface area contributed by atoms with E-state index in [9.17, 15) is 0 Å². The fraction of sp³-hybridized carbons (Fsp3) is 0.182. The molecule has 19 heavy (non-hydrogen) atoms. The van der Waals surface area contributed by atoms with E-state index in [2.05, 4.69) is 19.1 Å². The van der Waals surface area contributed by atoms with Crippen LogP contribution in [0.4, 0.5) is 0 Å². The van der Waals surface area contributed by atoms with Crippen molar-refractivity contribution in [3.05, 3.63) is 35.2 Å². The van der Waals surface area contributed by atoms with E-state index in [1.165, 1.54) is 15.3 Å². The summed E-state index contributed by atoms with van der Waals surface area (Å²) < 4.78 is 39.3. The third-order valence-electron chi connectivity index (χ3n) is 1.97. The number of benzene rings is 1. The molecule has 0 aliphatic carbocycles. The summed E-state index contributed by atoms with van der Waals surface area (Å²) in [4.78, 5) is 2.63. The average Bonchev–Trinajstić information content (AvgIpc) is 2.73. The van der Waals surface area contributed by atoms with Gasteiger partial charge in [0.15, 0.2) is 10.3 Å². The summed E-state index contributed by atoms with van der Waals surface area (Å²) >= 11 is 0. The van der Waals surface area contributed by atoms with E-state index in [0.717, 1.165) is 5.75 Å². The maximum atomic E-state index is 8.49. The minimum Gasteiger partial charge on any atom is -0.496 e. The highest BCUT2D eigenvalue weighted by Gasteiger charge is 2.17. The van der Waals surface area contributed by atoms with Crippen LogP contribution in [0.15, 0.2) is 30.3 Å². The van der Waals surface area contributed by atoms with Gasteiger partial charge in [-0.05, 0) is 19.1 Å². The van der Waals surface area contributed by atoms with E-state index < -0.39 is 10.2 Å². The highest BCUT2D eigenvalue weighted by atomic mass is 35.7. The lowest BCUT2D eigenvalue weighted by molar-refractivity contribution is -2.00. The molecular formula is C11H11ClO5S2. The highest BCUT2D eigenvalue weighted by molar-refractivity contribution is 7.70. The van der Waals surface area contributed by atoms with Crippen molar-refractivity contribution in [3.8, 4) is 16.2 Å². The molecule has 0 saturated carbocycles. The first kappa shape index (κ1) is 16.3. The fourth-order valence-corrected chi connectivity index (χ4v) is 3.48. The fourth-order valence-electron chi connectivity index (χ4n) is 1.31. The summed E-state index contributed by atoms with van der Waals surface area (Å²) in [5.41, 5.74) is 1.18. The largest absolute Gasteiger partial charge is 0.496 e. The van der Waals surface area contributed by atoms with Crippen LogP contribution in [0.2, 0.25) is 0 Å². The predicted molar refractivity (Wildman–Crippen MR) is 63.3 cm³/mol. The molecule has 0 spiro atoms. The Bertz CT molecular complexity index is 518. The molecule has 0 bridgehead atoms. The minimum atomic E-state index is -4.94. The highest BCUT2D eigenvalue weighted by Crippen LogP contribution is 2.36. The topological polar surface area (TPSA) is 101 Å². The van der Waals surface area contributed by atoms with E-state index in [4.69, 9.17) is 23.4 Å². The molecule has 0 amide bonds. The van der Waals surface area contributed by atoms with Gasteiger partial charge in [-0.2, -0.15) is 0 Å². The van der Waals surface area contributed by atoms with Gasteiger partial charge in [-0.3, -0.25) is 0 Å². The molecule has 0 aliphatic heterocycles. The van der Waals surface area contributed by atoms with Crippen molar-refractivity contribution in [2.75, 3.05) is 7.11 Å². The number of rotatable bonds is 2. The van der Waals surface area contributed by atoms with Gasteiger partial charge in [0, 0.05) is 6.07 Å². The van der Waals surface area contributed by atoms with Crippen molar-refractivity contribution in [1.82, 2.24) is 0 Å². The van der Waals surface area contributed by atoms with Crippen molar-refractivity contribution in [2.24, 2.45) is 0 Å². The normalized spacial score (nSPS) is 10.6. The van der Waals surface area contributed by atoms with Gasteiger partial charge in [-0.25, -0.2) is 18.6 Å². The van der Waals surface area contributed by atoms with Crippen LogP contribution in [0.5, 0.6) is 5.75 Å². The lowest BCUT2D eigenvalue weighted by Gasteiger charge is -2.17. The molecule has 1 aromatic carbocycles. The van der Waals surface area contributed by atoms with Crippen LogP contribution in [0.25, 0.3) is 10.4 Å². The molecule has 1 aromatic heterocycles. The molecule has 0 unspecified atom stereocenters. The molecule has 0 aliphatic rings. The van der Waals surface area contributed by atoms with Crippen LogP contribution in [-0.4, -0.2) is 7.11 Å². The van der Waals surface area contributed by atoms with Crippen LogP contribution in [0.1, 0.15) is 4.88 Å². The molecule has 0 fully saturated rings.